The van der Waals surface area contributed by atoms with E-state index in [4.69, 9.17) is 27.1 Å². The number of carbonyl (C=O) groups is 4. The van der Waals surface area contributed by atoms with Gasteiger partial charge in [0.05, 0.1) is 13.2 Å². The van der Waals surface area contributed by atoms with E-state index in [1.165, 1.54) is 10.5 Å². The molecule has 0 bridgehead atoms. The predicted octanol–water partition coefficient (Wildman–Crippen LogP) is 24.1. The van der Waals surface area contributed by atoms with Gasteiger partial charge < -0.3 is 32.0 Å². The van der Waals surface area contributed by atoms with Crippen molar-refractivity contribution >= 4 is 149 Å². The molecule has 6 heterocycles. The van der Waals surface area contributed by atoms with Gasteiger partial charge in [-0.3, -0.25) is 28.9 Å². The van der Waals surface area contributed by atoms with E-state index in [1.807, 2.05) is 109 Å². The van der Waals surface area contributed by atoms with Gasteiger partial charge in [-0.25, -0.2) is 19.2 Å². The van der Waals surface area contributed by atoms with Crippen molar-refractivity contribution < 1.29 is 46.3 Å². The number of hydrogen-bond donors (Lipinski definition) is 1. The number of furan rings is 4. The van der Waals surface area contributed by atoms with Gasteiger partial charge in [0.25, 0.3) is 0 Å². The summed E-state index contributed by atoms with van der Waals surface area (Å²) in [7, 11) is 4.15. The molecule has 0 unspecified atom stereocenters. The lowest BCUT2D eigenvalue weighted by atomic mass is 10.0. The van der Waals surface area contributed by atoms with Crippen LogP contribution in [0.25, 0.3) is 99.7 Å². The first-order valence-electron chi connectivity index (χ1n) is 38.4. The molecule has 2 amide bonds. The monoisotopic (exact) mass is 1720 g/mol. The number of benzene rings is 9. The highest BCUT2D eigenvalue weighted by atomic mass is 79.9. The summed E-state index contributed by atoms with van der Waals surface area (Å²) in [5.74, 6) is -0.358. The van der Waals surface area contributed by atoms with Crippen molar-refractivity contribution in [2.45, 2.75) is 112 Å². The number of aromatic nitrogens is 4. The van der Waals surface area contributed by atoms with Gasteiger partial charge in [0.15, 0.2) is 22.7 Å². The lowest BCUT2D eigenvalue weighted by molar-refractivity contribution is 0.100. The Morgan fingerprint density at radius 2 is 0.860 bits per heavy atom. The van der Waals surface area contributed by atoms with Crippen LogP contribution in [-0.2, 0) is 29.1 Å². The van der Waals surface area contributed by atoms with Crippen molar-refractivity contribution in [3.8, 4) is 33.6 Å². The minimum Gasteiger partial charge on any atom is -0.452 e. The zero-order valence-electron chi connectivity index (χ0n) is 64.6. The number of rotatable bonds is 25. The summed E-state index contributed by atoms with van der Waals surface area (Å²) in [4.78, 5) is 89.3. The molecule has 22 heteroatoms. The number of nitrogens with zero attached hydrogens (tertiary/aromatic N) is 6. The molecule has 0 spiro atoms. The number of unbranched alkanes of at least 4 members (excludes halogenated alkanes) is 6. The Morgan fingerprint density at radius 1 is 0.439 bits per heavy atom. The van der Waals surface area contributed by atoms with E-state index in [-0.39, 0.29) is 47.7 Å². The highest BCUT2D eigenvalue weighted by molar-refractivity contribution is 9.11. The molecular weight excluding hydrogens is 1630 g/mol. The van der Waals surface area contributed by atoms with Crippen LogP contribution < -0.4 is 21.6 Å². The molecule has 0 saturated heterocycles. The molecule has 1 N–H and O–H groups in total. The highest BCUT2D eigenvalue weighted by Crippen LogP contribution is 2.41. The van der Waals surface area contributed by atoms with Crippen LogP contribution in [0.2, 0.25) is 0 Å². The first-order valence-corrected chi connectivity index (χ1v) is 40.7. The maximum absolute atomic E-state index is 13.3. The second kappa shape index (κ2) is 39.0. The molecule has 0 fully saturated rings. The summed E-state index contributed by atoms with van der Waals surface area (Å²) in [5, 5.41) is 5.82. The van der Waals surface area contributed by atoms with Crippen LogP contribution in [0.3, 0.4) is 0 Å². The molecule has 0 radical (unpaired) electrons. The third-order valence-corrected chi connectivity index (χ3v) is 20.5. The maximum Gasteiger partial charge on any atom is 0.414 e. The van der Waals surface area contributed by atoms with E-state index in [2.05, 4.69) is 139 Å². The molecule has 584 valence electrons. The van der Waals surface area contributed by atoms with Gasteiger partial charge in [-0.1, -0.05) is 259 Å². The van der Waals surface area contributed by atoms with Crippen molar-refractivity contribution in [3.63, 3.8) is 0 Å². The number of ketones is 2. The van der Waals surface area contributed by atoms with E-state index >= 15 is 0 Å². The summed E-state index contributed by atoms with van der Waals surface area (Å²) >= 11 is 10.4. The molecule has 6 aromatic heterocycles. The van der Waals surface area contributed by atoms with Crippen LogP contribution in [0.5, 0.6) is 0 Å². The first-order chi connectivity index (χ1) is 55.4. The van der Waals surface area contributed by atoms with E-state index < -0.39 is 12.2 Å². The van der Waals surface area contributed by atoms with Crippen molar-refractivity contribution in [2.24, 2.45) is 0 Å². The Morgan fingerprint density at radius 3 is 1.35 bits per heavy atom. The number of aryl methyl sites for hydroxylation is 2. The van der Waals surface area contributed by atoms with Gasteiger partial charge in [-0.15, -0.1) is 0 Å². The minimum atomic E-state index is -0.637. The summed E-state index contributed by atoms with van der Waals surface area (Å²) in [5.41, 5.74) is 13.3. The second-order valence-electron chi connectivity index (χ2n) is 27.4. The smallest absolute Gasteiger partial charge is 0.414 e. The maximum atomic E-state index is 13.3. The number of halogens is 3. The summed E-state index contributed by atoms with van der Waals surface area (Å²) < 4.78 is 40.6. The van der Waals surface area contributed by atoms with Crippen molar-refractivity contribution in [1.29, 1.82) is 0 Å². The first kappa shape index (κ1) is 82.2. The minimum absolute atomic E-state index is 0.0716. The van der Waals surface area contributed by atoms with Gasteiger partial charge in [0, 0.05) is 83.4 Å². The van der Waals surface area contributed by atoms with Gasteiger partial charge >= 0.3 is 23.6 Å². The van der Waals surface area contributed by atoms with Gasteiger partial charge in [-0.05, 0) is 131 Å². The summed E-state index contributed by atoms with van der Waals surface area (Å²) in [6, 6.07) is 68.8. The normalized spacial score (nSPS) is 11.2. The SMILES string of the molecule is CCCCCN(C(=O)OCC)c1c(C(=O)c2ccccc2)oc2ccc(Br)cc12.CCCCCn1c(=O)nc(-c2ccccc2)c2oc3ccc(-c4ccc(CN(C)C)cc4)cc3c21.CCCCCn1c(=O)nc(-c2ccccc2)c2oc3ccc(Br)cc3c21.CCOC(=O)Nc1c(C(=O)c2ccccc2)oc2ccc(Br)cc12. The lowest BCUT2D eigenvalue weighted by Crippen LogP contribution is -2.33. The Balaban J connectivity index is 0.000000142. The fourth-order valence-corrected chi connectivity index (χ4v) is 14.6. The van der Waals surface area contributed by atoms with E-state index in [9.17, 15) is 28.8 Å². The number of hydrogen-bond acceptors (Lipinski definition) is 15. The number of carbonyl (C=O) groups excluding carboxylic acids is 4. The van der Waals surface area contributed by atoms with Crippen LogP contribution in [-0.4, -0.2) is 81.6 Å². The zero-order valence-corrected chi connectivity index (χ0v) is 69.4. The summed E-state index contributed by atoms with van der Waals surface area (Å²) in [6.07, 6.45) is 7.88. The number of amides is 2. The summed E-state index contributed by atoms with van der Waals surface area (Å²) in [6.45, 7) is 13.0. The molecule has 114 heavy (non-hydrogen) atoms. The van der Waals surface area contributed by atoms with Crippen LogP contribution in [0, 0.1) is 0 Å². The van der Waals surface area contributed by atoms with Gasteiger partial charge in [0.1, 0.15) is 56.1 Å². The predicted molar refractivity (Wildman–Crippen MR) is 464 cm³/mol. The molecule has 0 aliphatic rings. The molecule has 0 saturated carbocycles. The second-order valence-corrected chi connectivity index (χ2v) is 30.2. The van der Waals surface area contributed by atoms with E-state index in [0.717, 1.165) is 133 Å². The molecule has 9 aromatic carbocycles. The standard InChI is InChI=1S/C30H31N3O2.C23H24BrNO4.C21H19BrN2O2.C18H14BrNO4/c1-4-5-9-18-33-28-25-19-24(22-14-12-21(13-15-22)20-32(2)3)16-17-26(25)35-29(28)27(31-30(33)34)23-10-7-6-8-11-23;1-3-5-9-14-25(23(27)28-4-2)20-18-15-17(24)12-13-19(18)29-22(20)21(26)16-10-7-6-8-11-16;1-2-3-7-12-24-19-16-13-15(22)10-11-17(16)26-20(19)18(23-21(24)25)14-8-5-4-6-9-14;1-2-23-18(22)20-15-13-10-12(19)8-9-14(13)24-17(15)16(21)11-6-4-3-5-7-11/h6-8,10-17,19H,4-5,9,18,20H2,1-3H3;6-8,10-13,15H,3-5,9,14H2,1-2H3;4-6,8-11,13H,2-3,7,12H2,1H3;3-10H,2H2,1H3,(H,20,22). The van der Waals surface area contributed by atoms with Crippen LogP contribution in [0.15, 0.2) is 259 Å². The number of ether oxygens (including phenoxy) is 2. The molecule has 15 aromatic rings. The highest BCUT2D eigenvalue weighted by Gasteiger charge is 2.31. The average molecular weight is 1720 g/mol. The molecule has 0 aliphatic carbocycles. The molecule has 0 atom stereocenters. The van der Waals surface area contributed by atoms with Crippen LogP contribution >= 0.6 is 47.8 Å². The fraction of sp³-hybridized carbons (Fsp3) is 0.239. The Bertz CT molecular complexity index is 6000. The Hall–Kier alpha value is -11.3. The quantitative estimate of drug-likeness (QED) is 0.0414. The van der Waals surface area contributed by atoms with E-state index in [0.29, 0.717) is 86.6 Å². The largest absolute Gasteiger partial charge is 0.452 e. The third-order valence-electron chi connectivity index (χ3n) is 19.0. The molecule has 15 rings (SSSR count). The Labute approximate surface area is 685 Å². The van der Waals surface area contributed by atoms with Crippen molar-refractivity contribution in [2.75, 3.05) is 44.1 Å². The lowest BCUT2D eigenvalue weighted by Gasteiger charge is -2.22. The average Bonchev–Trinajstić information content (AvgIpc) is 1.62. The number of nitrogens with one attached hydrogen (secondary N) is 1. The van der Waals surface area contributed by atoms with Crippen LogP contribution in [0.1, 0.15) is 130 Å². The van der Waals surface area contributed by atoms with Gasteiger partial charge in [0.2, 0.25) is 11.6 Å². The number of fused-ring (bicyclic) bond motifs is 8. The molecule has 0 aliphatic heterocycles. The van der Waals surface area contributed by atoms with Crippen molar-refractivity contribution in [1.82, 2.24) is 24.0 Å². The van der Waals surface area contributed by atoms with Gasteiger partial charge in [-0.2, -0.15) is 9.97 Å². The van der Waals surface area contributed by atoms with E-state index in [1.54, 1.807) is 95.8 Å². The zero-order chi connectivity index (χ0) is 80.4. The Kier molecular flexibility index (Phi) is 28.1. The molecular formula is C92H88Br3N7O12. The number of anilines is 2. The van der Waals surface area contributed by atoms with Crippen molar-refractivity contribution in [3.05, 3.63) is 281 Å². The molecule has 19 nitrogen and oxygen atoms in total. The third kappa shape index (κ3) is 19.3. The van der Waals surface area contributed by atoms with Crippen LogP contribution in [0.4, 0.5) is 21.0 Å². The topological polar surface area (TPSA) is 228 Å². The fourth-order valence-electron chi connectivity index (χ4n) is 13.5.